The molecule has 0 atom stereocenters. The first-order chi connectivity index (χ1) is 5.58. The second-order valence-electron chi connectivity index (χ2n) is 2.99. The van der Waals surface area contributed by atoms with E-state index >= 15 is 0 Å². The first-order valence-electron chi connectivity index (χ1n) is 3.89. The Morgan fingerprint density at radius 2 is 2.08 bits per heavy atom. The van der Waals surface area contributed by atoms with Crippen LogP contribution in [-0.2, 0) is 0 Å². The molecule has 0 bridgehead atoms. The van der Waals surface area contributed by atoms with Gasteiger partial charge < -0.3 is 0 Å². The van der Waals surface area contributed by atoms with Crippen LogP contribution >= 0.6 is 6.83 Å². The zero-order chi connectivity index (χ0) is 9.61. The Morgan fingerprint density at radius 3 is 2.42 bits per heavy atom. The topological polar surface area (TPSA) is 0 Å². The second kappa shape index (κ2) is 5.65. The summed E-state index contributed by atoms with van der Waals surface area (Å²) in [5.41, 5.74) is 1.34. The maximum atomic E-state index is 3.65. The molecule has 0 fully saturated rings. The monoisotopic (exact) mass is 246 g/mol. The summed E-state index contributed by atoms with van der Waals surface area (Å²) < 4.78 is 0. The molecule has 0 saturated heterocycles. The van der Waals surface area contributed by atoms with Gasteiger partial charge in [0.15, 0.2) is 0 Å². The van der Waals surface area contributed by atoms with Gasteiger partial charge in [0.2, 0.25) is 0 Å². The van der Waals surface area contributed by atoms with Gasteiger partial charge in [0.25, 0.3) is 0 Å². The predicted molar refractivity (Wildman–Crippen MR) is 59.8 cm³/mol. The minimum atomic E-state index is 0.203. The normalized spacial score (nSPS) is 14.1. The van der Waals surface area contributed by atoms with E-state index < -0.39 is 0 Å². The molecule has 0 heterocycles. The Balaban J connectivity index is 4.69. The van der Waals surface area contributed by atoms with E-state index in [0.29, 0.717) is 0 Å². The SMILES string of the molecule is C=C/C=C\C(=C/C)C(C)(C)P=[Se]. The van der Waals surface area contributed by atoms with Crippen molar-refractivity contribution in [2.45, 2.75) is 25.9 Å². The van der Waals surface area contributed by atoms with Gasteiger partial charge in [-0.3, -0.25) is 0 Å². The third-order valence-corrected chi connectivity index (χ3v) is 5.25. The van der Waals surface area contributed by atoms with E-state index in [2.05, 4.69) is 54.6 Å². The van der Waals surface area contributed by atoms with Gasteiger partial charge in [-0.1, -0.05) is 0 Å². The van der Waals surface area contributed by atoms with Crippen LogP contribution in [0.25, 0.3) is 0 Å². The molecule has 0 saturated carbocycles. The molecule has 0 spiro atoms. The minimum absolute atomic E-state index is 0.203. The van der Waals surface area contributed by atoms with Gasteiger partial charge >= 0.3 is 84.3 Å². The Labute approximate surface area is 84.5 Å². The van der Waals surface area contributed by atoms with Crippen molar-refractivity contribution in [3.05, 3.63) is 36.5 Å². The molecule has 2 heteroatoms. The summed E-state index contributed by atoms with van der Waals surface area (Å²) in [4.78, 5) is 0. The summed E-state index contributed by atoms with van der Waals surface area (Å²) in [7, 11) is 0. The number of hydrogen-bond acceptors (Lipinski definition) is 0. The molecule has 0 rings (SSSR count). The molecule has 0 aliphatic heterocycles. The van der Waals surface area contributed by atoms with Gasteiger partial charge in [-0.15, -0.1) is 0 Å². The van der Waals surface area contributed by atoms with Crippen LogP contribution < -0.4 is 0 Å². The van der Waals surface area contributed by atoms with Crippen LogP contribution in [0.15, 0.2) is 36.5 Å². The van der Waals surface area contributed by atoms with Crippen molar-refractivity contribution in [2.24, 2.45) is 0 Å². The van der Waals surface area contributed by atoms with Gasteiger partial charge in [-0.05, 0) is 0 Å². The molecule has 0 N–H and O–H groups in total. The van der Waals surface area contributed by atoms with Crippen LogP contribution in [0, 0.1) is 0 Å². The van der Waals surface area contributed by atoms with Crippen molar-refractivity contribution in [1.29, 1.82) is 0 Å². The Bertz CT molecular complexity index is 224. The zero-order valence-electron chi connectivity index (χ0n) is 7.87. The van der Waals surface area contributed by atoms with Crippen molar-refractivity contribution in [3.8, 4) is 0 Å². The third kappa shape index (κ3) is 3.63. The van der Waals surface area contributed by atoms with Gasteiger partial charge in [0.05, 0.1) is 0 Å². The first kappa shape index (κ1) is 12.0. The van der Waals surface area contributed by atoms with E-state index in [1.165, 1.54) is 12.4 Å². The molecule has 12 heavy (non-hydrogen) atoms. The summed E-state index contributed by atoms with van der Waals surface area (Å²) >= 11 is 3.05. The standard InChI is InChI=1S/C10H15PSe/c1-5-7-8-9(6-2)10(3,4)11-12/h5-8H,1H2,2-4H3/b8-7-,9-6+. The van der Waals surface area contributed by atoms with Crippen LogP contribution in [0.4, 0.5) is 0 Å². The molecule has 0 radical (unpaired) electrons. The number of hydrogen-bond donors (Lipinski definition) is 0. The maximum absolute atomic E-state index is 3.65. The van der Waals surface area contributed by atoms with E-state index in [1.807, 2.05) is 6.08 Å². The van der Waals surface area contributed by atoms with Crippen LogP contribution in [-0.4, -0.2) is 20.3 Å². The summed E-state index contributed by atoms with van der Waals surface area (Å²) in [5.74, 6) is 0. The average molecular weight is 245 g/mol. The van der Waals surface area contributed by atoms with Gasteiger partial charge in [0.1, 0.15) is 0 Å². The molecular weight excluding hydrogens is 230 g/mol. The molecule has 0 aromatic heterocycles. The molecule has 0 aliphatic carbocycles. The molecule has 0 aromatic rings. The Kier molecular flexibility index (Phi) is 5.66. The Hall–Kier alpha value is 0.0395. The molecular formula is C10H15PSe. The van der Waals surface area contributed by atoms with Crippen LogP contribution in [0.2, 0.25) is 0 Å². The van der Waals surface area contributed by atoms with Crippen molar-refractivity contribution in [3.63, 3.8) is 0 Å². The van der Waals surface area contributed by atoms with Gasteiger partial charge in [-0.25, -0.2) is 0 Å². The first-order valence-corrected chi connectivity index (χ1v) is 7.00. The fourth-order valence-corrected chi connectivity index (χ4v) is 1.85. The van der Waals surface area contributed by atoms with Crippen LogP contribution in [0.5, 0.6) is 0 Å². The fourth-order valence-electron chi connectivity index (χ4n) is 0.878. The second-order valence-corrected chi connectivity index (χ2v) is 5.44. The van der Waals surface area contributed by atoms with Crippen molar-refractivity contribution < 1.29 is 0 Å². The molecule has 0 aromatic carbocycles. The van der Waals surface area contributed by atoms with Crippen molar-refractivity contribution >= 4 is 21.9 Å². The summed E-state index contributed by atoms with van der Waals surface area (Å²) in [6.45, 7) is 11.4. The molecule has 0 aliphatic rings. The number of rotatable bonds is 4. The van der Waals surface area contributed by atoms with E-state index in [-0.39, 0.29) is 5.16 Å². The predicted octanol–water partition coefficient (Wildman–Crippen LogP) is 3.48. The summed E-state index contributed by atoms with van der Waals surface area (Å²) in [6.07, 6.45) is 8.03. The zero-order valence-corrected chi connectivity index (χ0v) is 10.5. The van der Waals surface area contributed by atoms with E-state index in [1.54, 1.807) is 6.08 Å². The molecule has 66 valence electrons. The third-order valence-electron chi connectivity index (χ3n) is 1.66. The van der Waals surface area contributed by atoms with Crippen molar-refractivity contribution in [1.82, 2.24) is 0 Å². The average Bonchev–Trinajstić information content (AvgIpc) is 2.05. The van der Waals surface area contributed by atoms with Gasteiger partial charge in [0, 0.05) is 0 Å². The molecule has 0 amide bonds. The Morgan fingerprint density at radius 1 is 1.50 bits per heavy atom. The van der Waals surface area contributed by atoms with Gasteiger partial charge in [-0.2, -0.15) is 0 Å². The van der Waals surface area contributed by atoms with E-state index in [0.717, 1.165) is 0 Å². The summed E-state index contributed by atoms with van der Waals surface area (Å²) in [6, 6.07) is 0. The fraction of sp³-hybridized carbons (Fsp3) is 0.400. The van der Waals surface area contributed by atoms with Crippen LogP contribution in [0.3, 0.4) is 0 Å². The van der Waals surface area contributed by atoms with Crippen molar-refractivity contribution in [2.75, 3.05) is 0 Å². The molecule has 0 unspecified atom stereocenters. The van der Waals surface area contributed by atoms with Crippen LogP contribution in [0.1, 0.15) is 20.8 Å². The van der Waals surface area contributed by atoms with E-state index in [4.69, 9.17) is 0 Å². The summed E-state index contributed by atoms with van der Waals surface area (Å²) in [5, 5.41) is 0.203. The molecule has 0 nitrogen and oxygen atoms in total. The quantitative estimate of drug-likeness (QED) is 0.404. The number of allylic oxidation sites excluding steroid dienone is 5. The van der Waals surface area contributed by atoms with E-state index in [9.17, 15) is 0 Å².